The van der Waals surface area contributed by atoms with Crippen LogP contribution in [0.25, 0.3) is 0 Å². The molecule has 118 valence electrons. The molecular formula is C17H22N2O3. The number of nitrogens with one attached hydrogen (secondary N) is 2. The van der Waals surface area contributed by atoms with Gasteiger partial charge in [0, 0.05) is 37.8 Å². The van der Waals surface area contributed by atoms with E-state index in [1.54, 1.807) is 0 Å². The molecule has 1 saturated heterocycles. The number of para-hydroxylation sites is 1. The lowest BCUT2D eigenvalue weighted by molar-refractivity contribution is 0.0547. The van der Waals surface area contributed by atoms with Gasteiger partial charge in [0.1, 0.15) is 5.75 Å². The minimum Gasteiger partial charge on any atom is -0.493 e. The molecule has 1 unspecified atom stereocenters. The smallest absolute Gasteiger partial charge is 0.315 e. The van der Waals surface area contributed by atoms with Crippen LogP contribution in [0.1, 0.15) is 30.4 Å². The molecule has 1 saturated carbocycles. The van der Waals surface area contributed by atoms with Gasteiger partial charge in [-0.25, -0.2) is 4.79 Å². The van der Waals surface area contributed by atoms with E-state index in [-0.39, 0.29) is 6.03 Å². The first kappa shape index (κ1) is 13.9. The lowest BCUT2D eigenvalue weighted by Gasteiger charge is -2.23. The molecule has 2 amide bonds. The van der Waals surface area contributed by atoms with Crippen molar-refractivity contribution in [1.82, 2.24) is 10.6 Å². The number of benzene rings is 1. The van der Waals surface area contributed by atoms with Crippen LogP contribution in [-0.2, 0) is 17.7 Å². The third-order valence-corrected chi connectivity index (χ3v) is 5.22. The van der Waals surface area contributed by atoms with Crippen molar-refractivity contribution in [3.05, 3.63) is 29.3 Å². The molecule has 2 N–H and O–H groups in total. The van der Waals surface area contributed by atoms with E-state index in [1.807, 2.05) is 12.1 Å². The van der Waals surface area contributed by atoms with Crippen molar-refractivity contribution in [2.45, 2.75) is 38.3 Å². The average molecular weight is 302 g/mol. The molecule has 3 aliphatic rings. The zero-order chi connectivity index (χ0) is 15.0. The van der Waals surface area contributed by atoms with Crippen molar-refractivity contribution in [2.75, 3.05) is 19.8 Å². The monoisotopic (exact) mass is 302 g/mol. The Kier molecular flexibility index (Phi) is 3.45. The number of fused-ring (bicyclic) bond motifs is 1. The maximum Gasteiger partial charge on any atom is 0.315 e. The molecule has 2 aliphatic heterocycles. The van der Waals surface area contributed by atoms with Gasteiger partial charge in [0.25, 0.3) is 0 Å². The maximum absolute atomic E-state index is 12.1. The lowest BCUT2D eigenvalue weighted by atomic mass is 9.96. The molecular weight excluding hydrogens is 280 g/mol. The van der Waals surface area contributed by atoms with Crippen LogP contribution in [-0.4, -0.2) is 31.9 Å². The predicted octanol–water partition coefficient (Wildman–Crippen LogP) is 1.99. The topological polar surface area (TPSA) is 59.6 Å². The number of urea groups is 1. The van der Waals surface area contributed by atoms with Gasteiger partial charge in [-0.2, -0.15) is 0 Å². The number of rotatable bonds is 3. The molecule has 1 aromatic carbocycles. The third kappa shape index (κ3) is 2.54. The second-order valence-corrected chi connectivity index (χ2v) is 6.56. The van der Waals surface area contributed by atoms with Gasteiger partial charge in [0.2, 0.25) is 0 Å². The molecule has 0 radical (unpaired) electrons. The fourth-order valence-corrected chi connectivity index (χ4v) is 3.69. The summed E-state index contributed by atoms with van der Waals surface area (Å²) < 4.78 is 11.1. The minimum atomic E-state index is -0.0797. The van der Waals surface area contributed by atoms with E-state index < -0.39 is 0 Å². The Balaban J connectivity index is 1.30. The first-order valence-corrected chi connectivity index (χ1v) is 8.13. The first-order chi connectivity index (χ1) is 10.8. The highest BCUT2D eigenvalue weighted by Crippen LogP contribution is 2.53. The van der Waals surface area contributed by atoms with Gasteiger partial charge >= 0.3 is 6.03 Å². The standard InChI is InChI=1S/C17H22N2O3/c20-16(19-14-10-17(14)5-8-21-9-6-17)18-11-13-3-1-2-12-4-7-22-15(12)13/h1-3,14H,4-11H2,(H2,18,19,20). The van der Waals surface area contributed by atoms with Crippen LogP contribution in [0.3, 0.4) is 0 Å². The summed E-state index contributed by atoms with van der Waals surface area (Å²) in [7, 11) is 0. The Labute approximate surface area is 130 Å². The Hall–Kier alpha value is -1.75. The summed E-state index contributed by atoms with van der Waals surface area (Å²) in [6.45, 7) is 2.91. The molecule has 0 aromatic heterocycles. The van der Waals surface area contributed by atoms with E-state index in [1.165, 1.54) is 5.56 Å². The van der Waals surface area contributed by atoms with E-state index in [9.17, 15) is 4.79 Å². The summed E-state index contributed by atoms with van der Waals surface area (Å²) in [5.74, 6) is 0.954. The molecule has 5 nitrogen and oxygen atoms in total. The van der Waals surface area contributed by atoms with Crippen LogP contribution in [0.2, 0.25) is 0 Å². The van der Waals surface area contributed by atoms with Crippen LogP contribution in [0.15, 0.2) is 18.2 Å². The number of hydrogen-bond acceptors (Lipinski definition) is 3. The van der Waals surface area contributed by atoms with Crippen molar-refractivity contribution in [3.8, 4) is 5.75 Å². The minimum absolute atomic E-state index is 0.0797. The lowest BCUT2D eigenvalue weighted by Crippen LogP contribution is -2.39. The van der Waals surface area contributed by atoms with Crippen molar-refractivity contribution in [3.63, 3.8) is 0 Å². The van der Waals surface area contributed by atoms with Crippen molar-refractivity contribution in [2.24, 2.45) is 5.41 Å². The molecule has 2 fully saturated rings. The van der Waals surface area contributed by atoms with Gasteiger partial charge in [-0.1, -0.05) is 18.2 Å². The molecule has 0 bridgehead atoms. The van der Waals surface area contributed by atoms with Crippen LogP contribution < -0.4 is 15.4 Å². The second kappa shape index (κ2) is 5.47. The number of ether oxygens (including phenoxy) is 2. The highest BCUT2D eigenvalue weighted by Gasteiger charge is 2.55. The largest absolute Gasteiger partial charge is 0.493 e. The highest BCUT2D eigenvalue weighted by atomic mass is 16.5. The van der Waals surface area contributed by atoms with Gasteiger partial charge in [-0.15, -0.1) is 0 Å². The van der Waals surface area contributed by atoms with Crippen molar-refractivity contribution in [1.29, 1.82) is 0 Å². The Bertz CT molecular complexity index is 581. The van der Waals surface area contributed by atoms with Crippen molar-refractivity contribution < 1.29 is 14.3 Å². The molecule has 2 heterocycles. The molecule has 22 heavy (non-hydrogen) atoms. The summed E-state index contributed by atoms with van der Waals surface area (Å²) in [5, 5.41) is 6.07. The van der Waals surface area contributed by atoms with Crippen LogP contribution in [0.4, 0.5) is 4.79 Å². The maximum atomic E-state index is 12.1. The Morgan fingerprint density at radius 1 is 1.27 bits per heavy atom. The normalized spacial score (nSPS) is 24.5. The number of hydrogen-bond donors (Lipinski definition) is 2. The second-order valence-electron chi connectivity index (χ2n) is 6.56. The van der Waals surface area contributed by atoms with E-state index in [0.29, 0.717) is 18.0 Å². The molecule has 4 rings (SSSR count). The molecule has 1 spiro atoms. The number of carbonyl (C=O) groups is 1. The first-order valence-electron chi connectivity index (χ1n) is 8.13. The number of amides is 2. The van der Waals surface area contributed by atoms with Crippen LogP contribution in [0.5, 0.6) is 5.75 Å². The van der Waals surface area contributed by atoms with Gasteiger partial charge in [0.15, 0.2) is 0 Å². The van der Waals surface area contributed by atoms with Gasteiger partial charge in [0.05, 0.1) is 6.61 Å². The van der Waals surface area contributed by atoms with E-state index in [0.717, 1.165) is 56.8 Å². The predicted molar refractivity (Wildman–Crippen MR) is 81.9 cm³/mol. The van der Waals surface area contributed by atoms with Crippen LogP contribution in [0, 0.1) is 5.41 Å². The Morgan fingerprint density at radius 3 is 3.00 bits per heavy atom. The highest BCUT2D eigenvalue weighted by molar-refractivity contribution is 5.75. The average Bonchev–Trinajstić information content (AvgIpc) is 2.98. The van der Waals surface area contributed by atoms with E-state index >= 15 is 0 Å². The number of carbonyl (C=O) groups excluding carboxylic acids is 1. The molecule has 1 aromatic rings. The molecule has 1 aliphatic carbocycles. The van der Waals surface area contributed by atoms with Crippen molar-refractivity contribution >= 4 is 6.03 Å². The summed E-state index contributed by atoms with van der Waals surface area (Å²) >= 11 is 0. The molecule has 1 atom stereocenters. The Morgan fingerprint density at radius 2 is 2.14 bits per heavy atom. The fourth-order valence-electron chi connectivity index (χ4n) is 3.69. The van der Waals surface area contributed by atoms with Gasteiger partial charge in [-0.3, -0.25) is 0 Å². The summed E-state index contributed by atoms with van der Waals surface area (Å²) in [4.78, 5) is 12.1. The van der Waals surface area contributed by atoms with Gasteiger partial charge < -0.3 is 20.1 Å². The summed E-state index contributed by atoms with van der Waals surface area (Å²) in [6, 6.07) is 6.37. The van der Waals surface area contributed by atoms with Crippen LogP contribution >= 0.6 is 0 Å². The third-order valence-electron chi connectivity index (χ3n) is 5.22. The van der Waals surface area contributed by atoms with E-state index in [4.69, 9.17) is 9.47 Å². The zero-order valence-corrected chi connectivity index (χ0v) is 12.7. The quantitative estimate of drug-likeness (QED) is 0.897. The van der Waals surface area contributed by atoms with E-state index in [2.05, 4.69) is 16.7 Å². The summed E-state index contributed by atoms with van der Waals surface area (Å²) in [6.07, 6.45) is 4.19. The molecule has 5 heteroatoms. The van der Waals surface area contributed by atoms with Gasteiger partial charge in [-0.05, 0) is 30.2 Å². The fraction of sp³-hybridized carbons (Fsp3) is 0.588. The summed E-state index contributed by atoms with van der Waals surface area (Å²) in [5.41, 5.74) is 2.61. The SMILES string of the molecule is O=C(NCc1cccc2c1OCC2)NC1CC12CCOCC2. The zero-order valence-electron chi connectivity index (χ0n) is 12.7.